The van der Waals surface area contributed by atoms with Crippen LogP contribution in [0.1, 0.15) is 22.9 Å². The van der Waals surface area contributed by atoms with Crippen LogP contribution in [0, 0.1) is 0 Å². The minimum Gasteiger partial charge on any atom is -0.394 e. The van der Waals surface area contributed by atoms with E-state index >= 15 is 0 Å². The highest BCUT2D eigenvalue weighted by molar-refractivity contribution is 5.25. The van der Waals surface area contributed by atoms with Crippen LogP contribution in [-0.2, 0) is 12.7 Å². The van der Waals surface area contributed by atoms with E-state index in [0.717, 1.165) is 12.1 Å². The molecule has 2 rings (SSSR count). The topological polar surface area (TPSA) is 64.1 Å². The lowest BCUT2D eigenvalue weighted by atomic mass is 10.1. The second-order valence-corrected chi connectivity index (χ2v) is 4.43. The van der Waals surface area contributed by atoms with Gasteiger partial charge in [-0.25, -0.2) is 4.98 Å². The standard InChI is InChI=1S/C13H14F3N3O/c14-13(15,16)10-3-1-9(2-4-10)6-19-8-18-5-12(19)11(17)7-20/h1-5,8,11,20H,6-7,17H2. The minimum atomic E-state index is -4.34. The van der Waals surface area contributed by atoms with Crippen molar-refractivity contribution in [3.8, 4) is 0 Å². The highest BCUT2D eigenvalue weighted by Crippen LogP contribution is 2.29. The summed E-state index contributed by atoms with van der Waals surface area (Å²) in [6.07, 6.45) is -1.27. The van der Waals surface area contributed by atoms with Crippen LogP contribution < -0.4 is 5.73 Å². The summed E-state index contributed by atoms with van der Waals surface area (Å²) in [6.45, 7) is 0.125. The zero-order valence-corrected chi connectivity index (χ0v) is 10.5. The van der Waals surface area contributed by atoms with Gasteiger partial charge in [0.25, 0.3) is 0 Å². The molecule has 0 bridgehead atoms. The van der Waals surface area contributed by atoms with Crippen molar-refractivity contribution >= 4 is 0 Å². The summed E-state index contributed by atoms with van der Waals surface area (Å²) in [5, 5.41) is 9.03. The molecule has 4 nitrogen and oxygen atoms in total. The highest BCUT2D eigenvalue weighted by Gasteiger charge is 2.29. The predicted octanol–water partition coefficient (Wildman–Crippen LogP) is 1.94. The van der Waals surface area contributed by atoms with E-state index in [4.69, 9.17) is 10.8 Å². The summed E-state index contributed by atoms with van der Waals surface area (Å²) in [6, 6.07) is 4.34. The normalized spacial score (nSPS) is 13.4. The Hall–Kier alpha value is -1.86. The van der Waals surface area contributed by atoms with Gasteiger partial charge in [-0.15, -0.1) is 0 Å². The Bertz CT molecular complexity index is 563. The molecular formula is C13H14F3N3O. The molecule has 3 N–H and O–H groups in total. The second kappa shape index (κ2) is 5.64. The fourth-order valence-electron chi connectivity index (χ4n) is 1.86. The number of aliphatic hydroxyl groups excluding tert-OH is 1. The van der Waals surface area contributed by atoms with Crippen LogP contribution in [-0.4, -0.2) is 21.3 Å². The van der Waals surface area contributed by atoms with Gasteiger partial charge in [-0.05, 0) is 17.7 Å². The molecule has 0 saturated carbocycles. The number of aromatic nitrogens is 2. The van der Waals surface area contributed by atoms with E-state index in [1.54, 1.807) is 4.57 Å². The Balaban J connectivity index is 2.17. The van der Waals surface area contributed by atoms with E-state index < -0.39 is 17.8 Å². The molecular weight excluding hydrogens is 271 g/mol. The van der Waals surface area contributed by atoms with Gasteiger partial charge in [-0.1, -0.05) is 12.1 Å². The predicted molar refractivity (Wildman–Crippen MR) is 66.8 cm³/mol. The van der Waals surface area contributed by atoms with Crippen molar-refractivity contribution < 1.29 is 18.3 Å². The Kier molecular flexibility index (Phi) is 4.10. The summed E-state index contributed by atoms with van der Waals surface area (Å²) >= 11 is 0. The number of aliphatic hydroxyl groups is 1. The van der Waals surface area contributed by atoms with Crippen molar-refractivity contribution in [3.63, 3.8) is 0 Å². The maximum atomic E-state index is 12.5. The first-order valence-electron chi connectivity index (χ1n) is 5.94. The van der Waals surface area contributed by atoms with Crippen molar-refractivity contribution in [2.24, 2.45) is 5.73 Å². The summed E-state index contributed by atoms with van der Waals surface area (Å²) in [4.78, 5) is 3.94. The number of imidazole rings is 1. The summed E-state index contributed by atoms with van der Waals surface area (Å²) < 4.78 is 39.1. The molecule has 20 heavy (non-hydrogen) atoms. The zero-order valence-electron chi connectivity index (χ0n) is 10.5. The zero-order chi connectivity index (χ0) is 14.8. The molecule has 0 aliphatic carbocycles. The molecule has 108 valence electrons. The maximum absolute atomic E-state index is 12.5. The van der Waals surface area contributed by atoms with Gasteiger partial charge in [-0.2, -0.15) is 13.2 Å². The number of halogens is 3. The first kappa shape index (κ1) is 14.5. The van der Waals surface area contributed by atoms with Crippen molar-refractivity contribution in [2.45, 2.75) is 18.8 Å². The molecule has 0 aliphatic heterocycles. The van der Waals surface area contributed by atoms with E-state index in [1.807, 2.05) is 0 Å². The molecule has 1 heterocycles. The van der Waals surface area contributed by atoms with Crippen LogP contribution in [0.2, 0.25) is 0 Å². The van der Waals surface area contributed by atoms with Crippen LogP contribution in [0.15, 0.2) is 36.8 Å². The Morgan fingerprint density at radius 1 is 1.25 bits per heavy atom. The SMILES string of the molecule is NC(CO)c1cncn1Cc1ccc(C(F)(F)F)cc1. The first-order chi connectivity index (χ1) is 9.41. The van der Waals surface area contributed by atoms with Crippen LogP contribution in [0.4, 0.5) is 13.2 Å². The van der Waals surface area contributed by atoms with Gasteiger partial charge in [0.15, 0.2) is 0 Å². The number of hydrogen-bond acceptors (Lipinski definition) is 3. The Morgan fingerprint density at radius 2 is 1.90 bits per heavy atom. The number of benzene rings is 1. The van der Waals surface area contributed by atoms with Gasteiger partial charge < -0.3 is 15.4 Å². The molecule has 7 heteroatoms. The maximum Gasteiger partial charge on any atom is 0.416 e. The first-order valence-corrected chi connectivity index (χ1v) is 5.94. The van der Waals surface area contributed by atoms with Crippen LogP contribution in [0.25, 0.3) is 0 Å². The molecule has 0 amide bonds. The van der Waals surface area contributed by atoms with E-state index in [2.05, 4.69) is 4.98 Å². The van der Waals surface area contributed by atoms with E-state index in [-0.39, 0.29) is 6.61 Å². The molecule has 1 atom stereocenters. The van der Waals surface area contributed by atoms with Crippen molar-refractivity contribution in [3.05, 3.63) is 53.6 Å². The quantitative estimate of drug-likeness (QED) is 0.902. The number of rotatable bonds is 4. The largest absolute Gasteiger partial charge is 0.416 e. The fraction of sp³-hybridized carbons (Fsp3) is 0.308. The lowest BCUT2D eigenvalue weighted by Crippen LogP contribution is -2.19. The number of hydrogen-bond donors (Lipinski definition) is 2. The van der Waals surface area contributed by atoms with Crippen LogP contribution in [0.5, 0.6) is 0 Å². The summed E-state index contributed by atoms with van der Waals surface area (Å²) in [5.74, 6) is 0. The molecule has 1 aromatic carbocycles. The Labute approximate surface area is 113 Å². The van der Waals surface area contributed by atoms with Gasteiger partial charge >= 0.3 is 6.18 Å². The molecule has 1 aromatic heterocycles. The lowest BCUT2D eigenvalue weighted by Gasteiger charge is -2.13. The summed E-state index contributed by atoms with van der Waals surface area (Å²) in [7, 11) is 0. The molecule has 1 unspecified atom stereocenters. The second-order valence-electron chi connectivity index (χ2n) is 4.43. The average molecular weight is 285 g/mol. The highest BCUT2D eigenvalue weighted by atomic mass is 19.4. The van der Waals surface area contributed by atoms with Crippen LogP contribution >= 0.6 is 0 Å². The molecule has 2 aromatic rings. The van der Waals surface area contributed by atoms with E-state index in [9.17, 15) is 13.2 Å². The smallest absolute Gasteiger partial charge is 0.394 e. The van der Waals surface area contributed by atoms with Gasteiger partial charge in [0.1, 0.15) is 0 Å². The number of nitrogens with zero attached hydrogens (tertiary/aromatic N) is 2. The fourth-order valence-corrected chi connectivity index (χ4v) is 1.86. The van der Waals surface area contributed by atoms with Gasteiger partial charge in [0, 0.05) is 12.7 Å². The van der Waals surface area contributed by atoms with Crippen molar-refractivity contribution in [1.29, 1.82) is 0 Å². The van der Waals surface area contributed by atoms with Gasteiger partial charge in [-0.3, -0.25) is 0 Å². The Morgan fingerprint density at radius 3 is 2.45 bits per heavy atom. The van der Waals surface area contributed by atoms with Crippen molar-refractivity contribution in [2.75, 3.05) is 6.61 Å². The third kappa shape index (κ3) is 3.17. The third-order valence-corrected chi connectivity index (χ3v) is 2.96. The molecule has 0 radical (unpaired) electrons. The minimum absolute atomic E-state index is 0.224. The molecule has 0 spiro atoms. The van der Waals surface area contributed by atoms with E-state index in [0.29, 0.717) is 17.8 Å². The monoisotopic (exact) mass is 285 g/mol. The third-order valence-electron chi connectivity index (χ3n) is 2.96. The average Bonchev–Trinajstić information content (AvgIpc) is 2.85. The number of alkyl halides is 3. The number of nitrogens with two attached hydrogens (primary N) is 1. The molecule has 0 fully saturated rings. The van der Waals surface area contributed by atoms with Gasteiger partial charge in [0.2, 0.25) is 0 Å². The van der Waals surface area contributed by atoms with Gasteiger partial charge in [0.05, 0.1) is 30.2 Å². The summed E-state index contributed by atoms with van der Waals surface area (Å²) in [5.41, 5.74) is 6.36. The molecule has 0 saturated heterocycles. The van der Waals surface area contributed by atoms with Crippen molar-refractivity contribution in [1.82, 2.24) is 9.55 Å². The van der Waals surface area contributed by atoms with Crippen LogP contribution in [0.3, 0.4) is 0 Å². The molecule has 0 aliphatic rings. The van der Waals surface area contributed by atoms with E-state index in [1.165, 1.54) is 24.7 Å². The lowest BCUT2D eigenvalue weighted by molar-refractivity contribution is -0.137.